The van der Waals surface area contributed by atoms with Crippen molar-refractivity contribution in [2.24, 2.45) is 0 Å². The SMILES string of the molecule is CC.CCc1cc(OCCC(C)Oc2ccc(C(F)(F)F)cc2-c2ccncc2)ccc1CCC(=O)O. The third kappa shape index (κ3) is 9.12. The van der Waals surface area contributed by atoms with Gasteiger partial charge in [-0.1, -0.05) is 26.8 Å². The average molecular weight is 518 g/mol. The number of ether oxygens (including phenoxy) is 2. The number of rotatable bonds is 11. The third-order valence-electron chi connectivity index (χ3n) is 5.59. The standard InChI is InChI=1S/C27H28F3NO4.C2H6/c1-3-19-16-23(7-4-20(19)5-9-26(32)33)34-15-12-18(2)35-25-8-6-22(27(28,29)30)17-24(25)21-10-13-31-14-11-21;1-2/h4,6-8,10-11,13-14,16-18H,3,5,9,12,15H2,1-2H3,(H,32,33);1-2H3. The Morgan fingerprint density at radius 3 is 2.35 bits per heavy atom. The Hall–Kier alpha value is -3.55. The predicted molar refractivity (Wildman–Crippen MR) is 138 cm³/mol. The van der Waals surface area contributed by atoms with Crippen LogP contribution < -0.4 is 9.47 Å². The Morgan fingerprint density at radius 2 is 1.73 bits per heavy atom. The highest BCUT2D eigenvalue weighted by atomic mass is 19.4. The van der Waals surface area contributed by atoms with Crippen molar-refractivity contribution in [1.29, 1.82) is 0 Å². The summed E-state index contributed by atoms with van der Waals surface area (Å²) in [7, 11) is 0. The van der Waals surface area contributed by atoms with Crippen molar-refractivity contribution in [3.05, 3.63) is 77.6 Å². The summed E-state index contributed by atoms with van der Waals surface area (Å²) in [6, 6.07) is 12.4. The fraction of sp³-hybridized carbons (Fsp3) is 0.379. The van der Waals surface area contributed by atoms with E-state index in [9.17, 15) is 18.0 Å². The molecule has 0 radical (unpaired) electrons. The van der Waals surface area contributed by atoms with Crippen LogP contribution >= 0.6 is 0 Å². The summed E-state index contributed by atoms with van der Waals surface area (Å²) < 4.78 is 51.7. The molecule has 5 nitrogen and oxygen atoms in total. The van der Waals surface area contributed by atoms with Crippen molar-refractivity contribution >= 4 is 5.97 Å². The summed E-state index contributed by atoms with van der Waals surface area (Å²) in [5.74, 6) is 0.203. The first-order valence-corrected chi connectivity index (χ1v) is 12.4. The molecular formula is C29H34F3NO4. The van der Waals surface area contributed by atoms with E-state index in [-0.39, 0.29) is 12.5 Å². The van der Waals surface area contributed by atoms with E-state index < -0.39 is 17.7 Å². The highest BCUT2D eigenvalue weighted by molar-refractivity contribution is 5.71. The van der Waals surface area contributed by atoms with Gasteiger partial charge in [0, 0.05) is 30.8 Å². The van der Waals surface area contributed by atoms with Crippen LogP contribution in [0.2, 0.25) is 0 Å². The number of carboxylic acid groups (broad SMARTS) is 1. The fourth-order valence-electron chi connectivity index (χ4n) is 3.69. The third-order valence-corrected chi connectivity index (χ3v) is 5.59. The summed E-state index contributed by atoms with van der Waals surface area (Å²) in [4.78, 5) is 14.8. The number of aryl methyl sites for hydroxylation is 2. The molecule has 0 amide bonds. The maximum absolute atomic E-state index is 13.3. The maximum Gasteiger partial charge on any atom is 0.416 e. The van der Waals surface area contributed by atoms with E-state index in [0.29, 0.717) is 42.1 Å². The fourth-order valence-corrected chi connectivity index (χ4v) is 3.69. The molecule has 37 heavy (non-hydrogen) atoms. The number of pyridine rings is 1. The van der Waals surface area contributed by atoms with Crippen molar-refractivity contribution in [2.45, 2.75) is 65.7 Å². The zero-order valence-corrected chi connectivity index (χ0v) is 21.6. The molecule has 1 unspecified atom stereocenters. The highest BCUT2D eigenvalue weighted by Gasteiger charge is 2.31. The minimum absolute atomic E-state index is 0.0769. The molecule has 1 heterocycles. The van der Waals surface area contributed by atoms with E-state index in [4.69, 9.17) is 14.6 Å². The predicted octanol–water partition coefficient (Wildman–Crippen LogP) is 7.61. The van der Waals surface area contributed by atoms with E-state index in [1.807, 2.05) is 45.9 Å². The molecule has 1 N–H and O–H groups in total. The number of hydrogen-bond donors (Lipinski definition) is 1. The number of carboxylic acids is 1. The normalized spacial score (nSPS) is 11.8. The van der Waals surface area contributed by atoms with Gasteiger partial charge in [-0.15, -0.1) is 0 Å². The molecule has 0 aliphatic heterocycles. The van der Waals surface area contributed by atoms with Gasteiger partial charge in [0.05, 0.1) is 18.3 Å². The molecule has 8 heteroatoms. The Morgan fingerprint density at radius 1 is 1.03 bits per heavy atom. The number of benzene rings is 2. The topological polar surface area (TPSA) is 68.7 Å². The van der Waals surface area contributed by atoms with Crippen LogP contribution in [-0.4, -0.2) is 28.8 Å². The summed E-state index contributed by atoms with van der Waals surface area (Å²) >= 11 is 0. The van der Waals surface area contributed by atoms with Gasteiger partial charge in [-0.3, -0.25) is 9.78 Å². The Bertz CT molecular complexity index is 1130. The summed E-state index contributed by atoms with van der Waals surface area (Å²) in [6.07, 6.45) is 0.0936. The second-order valence-corrected chi connectivity index (χ2v) is 8.19. The summed E-state index contributed by atoms with van der Waals surface area (Å²) in [6.45, 7) is 8.19. The zero-order valence-electron chi connectivity index (χ0n) is 21.6. The molecule has 3 aromatic rings. The molecule has 1 atom stereocenters. The summed E-state index contributed by atoms with van der Waals surface area (Å²) in [5.41, 5.74) is 2.22. The van der Waals surface area contributed by atoms with Gasteiger partial charge in [-0.25, -0.2) is 0 Å². The van der Waals surface area contributed by atoms with Crippen LogP contribution in [0, 0.1) is 0 Å². The lowest BCUT2D eigenvalue weighted by Gasteiger charge is -2.19. The molecule has 0 aliphatic carbocycles. The quantitative estimate of drug-likeness (QED) is 0.283. The number of alkyl halides is 3. The van der Waals surface area contributed by atoms with E-state index in [2.05, 4.69) is 4.98 Å². The zero-order chi connectivity index (χ0) is 27.4. The first-order chi connectivity index (χ1) is 17.7. The Kier molecular flexibility index (Phi) is 11.4. The van der Waals surface area contributed by atoms with E-state index in [1.54, 1.807) is 12.1 Å². The molecule has 0 saturated heterocycles. The largest absolute Gasteiger partial charge is 0.493 e. The Balaban J connectivity index is 0.00000235. The van der Waals surface area contributed by atoms with Crippen molar-refractivity contribution < 1.29 is 32.5 Å². The minimum atomic E-state index is -4.46. The number of hydrogen-bond acceptors (Lipinski definition) is 4. The Labute approximate surface area is 216 Å². The van der Waals surface area contributed by atoms with Gasteiger partial charge in [0.15, 0.2) is 0 Å². The van der Waals surface area contributed by atoms with E-state index in [1.165, 1.54) is 18.5 Å². The number of nitrogens with zero attached hydrogens (tertiary/aromatic N) is 1. The number of halogens is 3. The van der Waals surface area contributed by atoms with Gasteiger partial charge in [-0.2, -0.15) is 13.2 Å². The van der Waals surface area contributed by atoms with Crippen molar-refractivity contribution in [3.8, 4) is 22.6 Å². The van der Waals surface area contributed by atoms with Crippen LogP contribution in [0.4, 0.5) is 13.2 Å². The molecule has 0 spiro atoms. The van der Waals surface area contributed by atoms with Crippen LogP contribution in [0.15, 0.2) is 60.9 Å². The smallest absolute Gasteiger partial charge is 0.416 e. The number of aromatic nitrogens is 1. The minimum Gasteiger partial charge on any atom is -0.493 e. The average Bonchev–Trinajstić information content (AvgIpc) is 2.89. The van der Waals surface area contributed by atoms with Crippen LogP contribution in [0.5, 0.6) is 11.5 Å². The van der Waals surface area contributed by atoms with Gasteiger partial charge >= 0.3 is 12.1 Å². The van der Waals surface area contributed by atoms with Gasteiger partial charge in [0.25, 0.3) is 0 Å². The second kappa shape index (κ2) is 14.3. The molecule has 200 valence electrons. The molecule has 0 bridgehead atoms. The lowest BCUT2D eigenvalue weighted by atomic mass is 10.0. The van der Waals surface area contributed by atoms with E-state index >= 15 is 0 Å². The molecule has 0 aliphatic rings. The molecule has 0 fully saturated rings. The highest BCUT2D eigenvalue weighted by Crippen LogP contribution is 2.37. The summed E-state index contributed by atoms with van der Waals surface area (Å²) in [5, 5.41) is 8.91. The van der Waals surface area contributed by atoms with Gasteiger partial charge in [0.2, 0.25) is 0 Å². The lowest BCUT2D eigenvalue weighted by Crippen LogP contribution is -2.16. The number of carbonyl (C=O) groups is 1. The van der Waals surface area contributed by atoms with Gasteiger partial charge < -0.3 is 14.6 Å². The lowest BCUT2D eigenvalue weighted by molar-refractivity contribution is -0.138. The molecule has 2 aromatic carbocycles. The van der Waals surface area contributed by atoms with Crippen LogP contribution in [0.25, 0.3) is 11.1 Å². The molecule has 1 aromatic heterocycles. The van der Waals surface area contributed by atoms with Crippen molar-refractivity contribution in [1.82, 2.24) is 4.98 Å². The van der Waals surface area contributed by atoms with Crippen molar-refractivity contribution in [3.63, 3.8) is 0 Å². The van der Waals surface area contributed by atoms with Crippen LogP contribution in [0.3, 0.4) is 0 Å². The first kappa shape index (κ1) is 29.7. The monoisotopic (exact) mass is 517 g/mol. The maximum atomic E-state index is 13.3. The molecular weight excluding hydrogens is 483 g/mol. The van der Waals surface area contributed by atoms with E-state index in [0.717, 1.165) is 29.7 Å². The van der Waals surface area contributed by atoms with Crippen molar-refractivity contribution in [2.75, 3.05) is 6.61 Å². The second-order valence-electron chi connectivity index (χ2n) is 8.19. The first-order valence-electron chi connectivity index (χ1n) is 12.4. The molecule has 0 saturated carbocycles. The van der Waals surface area contributed by atoms with Crippen LogP contribution in [-0.2, 0) is 23.8 Å². The van der Waals surface area contributed by atoms with Gasteiger partial charge in [0.1, 0.15) is 11.5 Å². The molecule has 3 rings (SSSR count). The number of aliphatic carboxylic acids is 1. The van der Waals surface area contributed by atoms with Crippen LogP contribution in [0.1, 0.15) is 57.2 Å². The van der Waals surface area contributed by atoms with Gasteiger partial charge in [-0.05, 0) is 78.9 Å².